The smallest absolute Gasteiger partial charge is 0.134 e. The fourth-order valence-electron chi connectivity index (χ4n) is 2.36. The van der Waals surface area contributed by atoms with E-state index < -0.39 is 0 Å². The van der Waals surface area contributed by atoms with E-state index in [1.54, 1.807) is 4.90 Å². The topological polar surface area (TPSA) is 32.1 Å². The summed E-state index contributed by atoms with van der Waals surface area (Å²) in [7, 11) is 2.35. The highest BCUT2D eigenvalue weighted by Gasteiger charge is 2.23. The van der Waals surface area contributed by atoms with E-state index in [0.29, 0.717) is 6.04 Å². The summed E-state index contributed by atoms with van der Waals surface area (Å²) in [4.78, 5) is 1.72. The zero-order valence-corrected chi connectivity index (χ0v) is 9.31. The minimum absolute atomic E-state index is 0.655. The first-order valence-electron chi connectivity index (χ1n) is 5.89. The molecule has 0 saturated heterocycles. The van der Waals surface area contributed by atoms with Crippen LogP contribution in [0.5, 0.6) is 0 Å². The third-order valence-corrected chi connectivity index (χ3v) is 3.49. The second-order valence-corrected chi connectivity index (χ2v) is 4.66. The standard InChI is InChI=1S/C11H24N2/c1-3-10(12)9-13(2)11-7-5-4-6-8-11/h10-11H,3-9,12H2,1-2H3/p+2/t10-/m1/s1. The number of quaternary nitrogens is 2. The molecule has 0 radical (unpaired) electrons. The van der Waals surface area contributed by atoms with Crippen LogP contribution in [0, 0.1) is 0 Å². The molecule has 0 aromatic carbocycles. The Balaban J connectivity index is 2.24. The molecule has 0 aromatic rings. The molecule has 2 nitrogen and oxygen atoms in total. The van der Waals surface area contributed by atoms with Gasteiger partial charge in [-0.05, 0) is 25.7 Å². The fourth-order valence-corrected chi connectivity index (χ4v) is 2.36. The lowest BCUT2D eigenvalue weighted by atomic mass is 9.94. The van der Waals surface area contributed by atoms with Crippen molar-refractivity contribution >= 4 is 0 Å². The molecule has 0 amide bonds. The van der Waals surface area contributed by atoms with Crippen molar-refractivity contribution in [3.63, 3.8) is 0 Å². The molecule has 78 valence electrons. The third-order valence-electron chi connectivity index (χ3n) is 3.49. The van der Waals surface area contributed by atoms with Crippen LogP contribution in [0.1, 0.15) is 45.4 Å². The first-order chi connectivity index (χ1) is 6.24. The molecule has 1 fully saturated rings. The quantitative estimate of drug-likeness (QED) is 0.612. The highest BCUT2D eigenvalue weighted by molar-refractivity contribution is 4.63. The van der Waals surface area contributed by atoms with E-state index in [2.05, 4.69) is 19.7 Å². The summed E-state index contributed by atoms with van der Waals surface area (Å²) in [6.07, 6.45) is 8.49. The molecule has 2 heteroatoms. The average molecular weight is 186 g/mol. The number of nitrogens with one attached hydrogen (secondary N) is 1. The maximum Gasteiger partial charge on any atom is 0.134 e. The zero-order chi connectivity index (χ0) is 9.68. The van der Waals surface area contributed by atoms with Crippen molar-refractivity contribution < 1.29 is 10.6 Å². The van der Waals surface area contributed by atoms with Gasteiger partial charge in [-0.2, -0.15) is 0 Å². The maximum atomic E-state index is 4.17. The van der Waals surface area contributed by atoms with Crippen molar-refractivity contribution in [1.29, 1.82) is 0 Å². The molecule has 4 N–H and O–H groups in total. The molecule has 0 spiro atoms. The second kappa shape index (κ2) is 5.61. The van der Waals surface area contributed by atoms with Crippen molar-refractivity contribution in [3.8, 4) is 0 Å². The fraction of sp³-hybridized carbons (Fsp3) is 1.00. The zero-order valence-electron chi connectivity index (χ0n) is 9.31. The summed E-state index contributed by atoms with van der Waals surface area (Å²) in [5.74, 6) is 0. The molecule has 0 aliphatic heterocycles. The SMILES string of the molecule is CC[C@@H]([NH3+])C[NH+](C)C1CCCCC1. The van der Waals surface area contributed by atoms with Gasteiger partial charge >= 0.3 is 0 Å². The molecule has 0 bridgehead atoms. The molecule has 2 atom stereocenters. The molecule has 0 aromatic heterocycles. The van der Waals surface area contributed by atoms with Crippen molar-refractivity contribution in [3.05, 3.63) is 0 Å². The summed E-state index contributed by atoms with van der Waals surface area (Å²) in [5.41, 5.74) is 4.17. The largest absolute Gasteiger partial charge is 0.350 e. The van der Waals surface area contributed by atoms with Gasteiger partial charge in [0.05, 0.1) is 13.1 Å². The molecule has 1 rings (SSSR count). The minimum atomic E-state index is 0.655. The highest BCUT2D eigenvalue weighted by atomic mass is 15.1. The Morgan fingerprint density at radius 3 is 2.46 bits per heavy atom. The second-order valence-electron chi connectivity index (χ2n) is 4.66. The summed E-state index contributed by atoms with van der Waals surface area (Å²) in [6.45, 7) is 3.51. The van der Waals surface area contributed by atoms with E-state index in [-0.39, 0.29) is 0 Å². The number of hydrogen-bond acceptors (Lipinski definition) is 0. The van der Waals surface area contributed by atoms with Gasteiger partial charge in [0.15, 0.2) is 0 Å². The predicted octanol–water partition coefficient (Wildman–Crippen LogP) is -0.146. The Hall–Kier alpha value is -0.0800. The molecule has 1 aliphatic carbocycles. The summed E-state index contributed by atoms with van der Waals surface area (Å²) < 4.78 is 0. The first kappa shape index (κ1) is 11.0. The van der Waals surface area contributed by atoms with Gasteiger partial charge in [-0.15, -0.1) is 0 Å². The van der Waals surface area contributed by atoms with Crippen LogP contribution in [0.3, 0.4) is 0 Å². The van der Waals surface area contributed by atoms with E-state index in [1.807, 2.05) is 0 Å². The number of likely N-dealkylation sites (N-methyl/N-ethyl adjacent to an activating group) is 1. The normalized spacial score (nSPS) is 24.2. The third kappa shape index (κ3) is 3.65. The van der Waals surface area contributed by atoms with Gasteiger partial charge in [-0.3, -0.25) is 0 Å². The summed E-state index contributed by atoms with van der Waals surface area (Å²) in [5, 5.41) is 0. The van der Waals surface area contributed by atoms with Gasteiger partial charge < -0.3 is 10.6 Å². The number of rotatable bonds is 4. The van der Waals surface area contributed by atoms with Crippen LogP contribution in [0.15, 0.2) is 0 Å². The van der Waals surface area contributed by atoms with Crippen molar-refractivity contribution in [2.75, 3.05) is 13.6 Å². The van der Waals surface area contributed by atoms with Crippen molar-refractivity contribution in [1.82, 2.24) is 0 Å². The van der Waals surface area contributed by atoms with E-state index in [4.69, 9.17) is 0 Å². The molecule has 1 saturated carbocycles. The molecule has 0 heterocycles. The van der Waals surface area contributed by atoms with Crippen LogP contribution in [0.2, 0.25) is 0 Å². The monoisotopic (exact) mass is 186 g/mol. The molecule has 1 unspecified atom stereocenters. The van der Waals surface area contributed by atoms with Gasteiger partial charge in [0, 0.05) is 6.42 Å². The van der Waals surface area contributed by atoms with Gasteiger partial charge in [-0.1, -0.05) is 13.3 Å². The van der Waals surface area contributed by atoms with Crippen molar-refractivity contribution in [2.45, 2.75) is 57.5 Å². The molecule has 13 heavy (non-hydrogen) atoms. The predicted molar refractivity (Wildman–Crippen MR) is 55.6 cm³/mol. The minimum Gasteiger partial charge on any atom is -0.350 e. The lowest BCUT2D eigenvalue weighted by Crippen LogP contribution is -3.15. The van der Waals surface area contributed by atoms with Gasteiger partial charge in [0.1, 0.15) is 12.6 Å². The summed E-state index contributed by atoms with van der Waals surface area (Å²) in [6, 6.07) is 1.59. The Labute approximate surface area is 82.5 Å². The van der Waals surface area contributed by atoms with Crippen LogP contribution >= 0.6 is 0 Å². The Bertz CT molecular complexity index is 130. The Kier molecular flexibility index (Phi) is 4.74. The van der Waals surface area contributed by atoms with E-state index in [0.717, 1.165) is 6.04 Å². The maximum absolute atomic E-state index is 4.17. The number of hydrogen-bond donors (Lipinski definition) is 2. The molecular formula is C11H26N2+2. The van der Waals surface area contributed by atoms with E-state index in [1.165, 1.54) is 45.1 Å². The van der Waals surface area contributed by atoms with Crippen LogP contribution in [0.25, 0.3) is 0 Å². The average Bonchev–Trinajstić information content (AvgIpc) is 2.19. The van der Waals surface area contributed by atoms with Crippen molar-refractivity contribution in [2.24, 2.45) is 0 Å². The van der Waals surface area contributed by atoms with Gasteiger partial charge in [0.25, 0.3) is 0 Å². The van der Waals surface area contributed by atoms with E-state index in [9.17, 15) is 0 Å². The Morgan fingerprint density at radius 2 is 1.92 bits per heavy atom. The van der Waals surface area contributed by atoms with E-state index >= 15 is 0 Å². The van der Waals surface area contributed by atoms with Crippen LogP contribution < -0.4 is 10.6 Å². The van der Waals surface area contributed by atoms with Crippen LogP contribution in [-0.4, -0.2) is 25.7 Å². The summed E-state index contributed by atoms with van der Waals surface area (Å²) >= 11 is 0. The van der Waals surface area contributed by atoms with Gasteiger partial charge in [-0.25, -0.2) is 0 Å². The highest BCUT2D eigenvalue weighted by Crippen LogP contribution is 2.15. The van der Waals surface area contributed by atoms with Crippen LogP contribution in [0.4, 0.5) is 0 Å². The molecular weight excluding hydrogens is 160 g/mol. The first-order valence-corrected chi connectivity index (χ1v) is 5.89. The Morgan fingerprint density at radius 1 is 1.31 bits per heavy atom. The lowest BCUT2D eigenvalue weighted by Gasteiger charge is -2.28. The van der Waals surface area contributed by atoms with Crippen LogP contribution in [-0.2, 0) is 0 Å². The molecule has 1 aliphatic rings. The lowest BCUT2D eigenvalue weighted by molar-refractivity contribution is -0.916. The van der Waals surface area contributed by atoms with Gasteiger partial charge in [0.2, 0.25) is 0 Å².